The third-order valence-electron chi connectivity index (χ3n) is 1.51. The maximum absolute atomic E-state index is 10.8. The zero-order valence-corrected chi connectivity index (χ0v) is 11.7. The molecule has 10 heteroatoms. The zero-order chi connectivity index (χ0) is 11.9. The molecule has 84 valence electrons. The van der Waals surface area contributed by atoms with Crippen LogP contribution in [0, 0.1) is 0 Å². The molecule has 0 radical (unpaired) electrons. The normalized spacial score (nSPS) is 11.9. The minimum absolute atomic E-state index is 0. The molecule has 0 amide bonds. The molecule has 0 fully saturated rings. The molecule has 0 aliphatic rings. The van der Waals surface area contributed by atoms with Crippen molar-refractivity contribution in [1.82, 2.24) is 0 Å². The van der Waals surface area contributed by atoms with Gasteiger partial charge in [-0.05, 0) is 6.07 Å². The van der Waals surface area contributed by atoms with Gasteiger partial charge in [-0.3, -0.25) is 9.11 Å². The first-order valence-corrected chi connectivity index (χ1v) is 6.31. The molecule has 0 unspecified atom stereocenters. The predicted octanol–water partition coefficient (Wildman–Crippen LogP) is -2.13. The second kappa shape index (κ2) is 5.00. The Labute approximate surface area is 114 Å². The largest absolute Gasteiger partial charge is 1.00 e. The topological polar surface area (TPSA) is 133 Å². The van der Waals surface area contributed by atoms with Crippen molar-refractivity contribution in [3.8, 4) is 0 Å². The Hall–Kier alpha value is -0.160. The molecule has 0 spiro atoms. The summed E-state index contributed by atoms with van der Waals surface area (Å²) in [7, 11) is -9.67. The summed E-state index contributed by atoms with van der Waals surface area (Å²) in [5.74, 6) is 0. The summed E-state index contributed by atoms with van der Waals surface area (Å²) in [6.07, 6.45) is 0. The minimum atomic E-state index is -4.87. The molecule has 0 aliphatic carbocycles. The average Bonchev–Trinajstić information content (AvgIpc) is 1.99. The Morgan fingerprint density at radius 3 is 1.81 bits per heavy atom. The number of hydrogen-bond donors (Lipinski definition) is 2. The van der Waals surface area contributed by atoms with Crippen molar-refractivity contribution in [2.24, 2.45) is 0 Å². The van der Waals surface area contributed by atoms with Gasteiger partial charge in [-0.2, -0.15) is 16.8 Å². The SMILES string of the molecule is [NH-]c1cccc(S(=O)(=O)O)c1S(=O)(=O)O.[Na+]. The quantitative estimate of drug-likeness (QED) is 0.468. The summed E-state index contributed by atoms with van der Waals surface area (Å²) in [5, 5.41) is 0. The summed E-state index contributed by atoms with van der Waals surface area (Å²) in [6, 6.07) is 2.81. The van der Waals surface area contributed by atoms with Gasteiger partial charge in [-0.25, -0.2) is 0 Å². The number of nitrogens with one attached hydrogen (secondary N) is 1. The fraction of sp³-hybridized carbons (Fsp3) is 0. The van der Waals surface area contributed by atoms with Crippen molar-refractivity contribution in [3.63, 3.8) is 0 Å². The number of benzene rings is 1. The van der Waals surface area contributed by atoms with E-state index in [0.29, 0.717) is 0 Å². The monoisotopic (exact) mass is 275 g/mol. The third-order valence-corrected chi connectivity index (χ3v) is 3.50. The molecule has 0 saturated heterocycles. The summed E-state index contributed by atoms with van der Waals surface area (Å²) in [6.45, 7) is 0. The van der Waals surface area contributed by atoms with Gasteiger partial charge in [0, 0.05) is 0 Å². The molecule has 1 aromatic carbocycles. The first kappa shape index (κ1) is 15.8. The van der Waals surface area contributed by atoms with Gasteiger partial charge in [0.25, 0.3) is 20.2 Å². The maximum Gasteiger partial charge on any atom is 1.00 e. The summed E-state index contributed by atoms with van der Waals surface area (Å²) in [4.78, 5) is -2.15. The van der Waals surface area contributed by atoms with Gasteiger partial charge in [0.2, 0.25) is 0 Å². The first-order chi connectivity index (χ1) is 6.64. The van der Waals surface area contributed by atoms with Crippen molar-refractivity contribution < 1.29 is 55.5 Å². The molecular formula is C6H6NNaO6S2. The van der Waals surface area contributed by atoms with Crippen LogP contribution in [0.4, 0.5) is 5.69 Å². The van der Waals surface area contributed by atoms with Crippen LogP contribution in [0.15, 0.2) is 28.0 Å². The van der Waals surface area contributed by atoms with Gasteiger partial charge in [0.05, 0.1) is 4.90 Å². The molecular weight excluding hydrogens is 269 g/mol. The molecule has 3 N–H and O–H groups in total. The van der Waals surface area contributed by atoms with Crippen LogP contribution in [0.3, 0.4) is 0 Å². The van der Waals surface area contributed by atoms with Gasteiger partial charge in [-0.15, -0.1) is 5.69 Å². The Balaban J connectivity index is 0.00000225. The van der Waals surface area contributed by atoms with E-state index in [4.69, 9.17) is 14.8 Å². The van der Waals surface area contributed by atoms with Gasteiger partial charge in [0.15, 0.2) is 0 Å². The van der Waals surface area contributed by atoms with Crippen molar-refractivity contribution in [1.29, 1.82) is 0 Å². The third kappa shape index (κ3) is 3.42. The van der Waals surface area contributed by atoms with Crippen LogP contribution in [0.25, 0.3) is 5.73 Å². The van der Waals surface area contributed by atoms with Crippen LogP contribution in [0.2, 0.25) is 0 Å². The fourth-order valence-corrected chi connectivity index (χ4v) is 2.88. The molecule has 0 heterocycles. The fourth-order valence-electron chi connectivity index (χ4n) is 0.985. The Morgan fingerprint density at radius 1 is 1.00 bits per heavy atom. The molecule has 0 saturated carbocycles. The summed E-state index contributed by atoms with van der Waals surface area (Å²) >= 11 is 0. The van der Waals surface area contributed by atoms with Crippen molar-refractivity contribution in [3.05, 3.63) is 23.9 Å². The number of rotatable bonds is 2. The van der Waals surface area contributed by atoms with Crippen molar-refractivity contribution in [2.45, 2.75) is 9.79 Å². The molecule has 16 heavy (non-hydrogen) atoms. The van der Waals surface area contributed by atoms with E-state index in [1.165, 1.54) is 0 Å². The summed E-state index contributed by atoms with van der Waals surface area (Å²) < 4.78 is 60.4. The summed E-state index contributed by atoms with van der Waals surface area (Å²) in [5.41, 5.74) is 6.42. The predicted molar refractivity (Wildman–Crippen MR) is 50.1 cm³/mol. The van der Waals surface area contributed by atoms with E-state index in [0.717, 1.165) is 18.2 Å². The van der Waals surface area contributed by atoms with Crippen LogP contribution < -0.4 is 29.6 Å². The molecule has 7 nitrogen and oxygen atoms in total. The van der Waals surface area contributed by atoms with Crippen LogP contribution in [0.5, 0.6) is 0 Å². The second-order valence-corrected chi connectivity index (χ2v) is 5.33. The van der Waals surface area contributed by atoms with E-state index in [1.54, 1.807) is 0 Å². The van der Waals surface area contributed by atoms with E-state index >= 15 is 0 Å². The van der Waals surface area contributed by atoms with Gasteiger partial charge >= 0.3 is 29.6 Å². The van der Waals surface area contributed by atoms with Crippen LogP contribution in [-0.4, -0.2) is 25.9 Å². The standard InChI is InChI=1S/C6H6NO6S2.Na/c7-4-2-1-3-5(14(8,9)10)6(4)15(11,12)13;/h1-3,7H,(H,8,9,10)(H,11,12,13);/q-1;+1. The van der Waals surface area contributed by atoms with E-state index in [9.17, 15) is 16.8 Å². The Morgan fingerprint density at radius 2 is 1.50 bits per heavy atom. The van der Waals surface area contributed by atoms with Crippen LogP contribution >= 0.6 is 0 Å². The molecule has 1 aromatic rings. The van der Waals surface area contributed by atoms with Crippen LogP contribution in [0.1, 0.15) is 0 Å². The van der Waals surface area contributed by atoms with E-state index in [2.05, 4.69) is 0 Å². The maximum atomic E-state index is 10.8. The number of hydrogen-bond acceptors (Lipinski definition) is 4. The molecule has 0 aromatic heterocycles. The van der Waals surface area contributed by atoms with Gasteiger partial charge in [-0.1, -0.05) is 12.1 Å². The molecule has 0 bridgehead atoms. The smallest absolute Gasteiger partial charge is 0.698 e. The van der Waals surface area contributed by atoms with Crippen molar-refractivity contribution in [2.75, 3.05) is 0 Å². The first-order valence-electron chi connectivity index (χ1n) is 3.43. The van der Waals surface area contributed by atoms with Crippen LogP contribution in [-0.2, 0) is 20.2 Å². The molecule has 0 atom stereocenters. The Kier molecular flexibility index (Phi) is 4.95. The van der Waals surface area contributed by atoms with E-state index < -0.39 is 35.7 Å². The Bertz CT molecular complexity index is 593. The molecule has 0 aliphatic heterocycles. The molecule has 1 rings (SSSR count). The minimum Gasteiger partial charge on any atom is -0.698 e. The second-order valence-electron chi connectivity index (χ2n) is 2.58. The average molecular weight is 275 g/mol. The van der Waals surface area contributed by atoms with E-state index in [-0.39, 0.29) is 29.6 Å². The van der Waals surface area contributed by atoms with E-state index in [1.807, 2.05) is 0 Å². The van der Waals surface area contributed by atoms with Gasteiger partial charge < -0.3 is 5.73 Å². The van der Waals surface area contributed by atoms with Gasteiger partial charge in [0.1, 0.15) is 4.90 Å². The zero-order valence-electron chi connectivity index (χ0n) is 8.08. The van der Waals surface area contributed by atoms with Crippen molar-refractivity contribution >= 4 is 25.9 Å².